The highest BCUT2D eigenvalue weighted by atomic mass is 35.5. The first-order valence-electron chi connectivity index (χ1n) is 7.05. The van der Waals surface area contributed by atoms with Crippen LogP contribution >= 0.6 is 11.6 Å². The van der Waals surface area contributed by atoms with E-state index in [9.17, 15) is 19.7 Å². The monoisotopic (exact) mass is 347 g/mol. The van der Waals surface area contributed by atoms with Crippen LogP contribution in [-0.2, 0) is 4.74 Å². The van der Waals surface area contributed by atoms with E-state index in [1.165, 1.54) is 19.1 Å². The Kier molecular flexibility index (Phi) is 5.31. The lowest BCUT2D eigenvalue weighted by Gasteiger charge is -2.12. The number of halogens is 1. The Bertz CT molecular complexity index is 801. The lowest BCUT2D eigenvalue weighted by molar-refractivity contribution is -0.384. The fourth-order valence-corrected chi connectivity index (χ4v) is 2.20. The van der Waals surface area contributed by atoms with E-state index in [1.54, 1.807) is 24.3 Å². The number of hydrogen-bond acceptors (Lipinski definition) is 5. The topological polar surface area (TPSA) is 86.5 Å². The van der Waals surface area contributed by atoms with Gasteiger partial charge in [-0.3, -0.25) is 14.9 Å². The predicted octanol–water partition coefficient (Wildman–Crippen LogP) is 3.98. The number of nitro groups is 1. The van der Waals surface area contributed by atoms with Gasteiger partial charge in [0.1, 0.15) is 5.02 Å². The first-order chi connectivity index (χ1) is 11.3. The number of carbonyl (C=O) groups is 2. The zero-order valence-electron chi connectivity index (χ0n) is 13.0. The summed E-state index contributed by atoms with van der Waals surface area (Å²) in [6.07, 6.45) is -1.02. The Hall–Kier alpha value is -2.73. The predicted molar refractivity (Wildman–Crippen MR) is 88.5 cm³/mol. The Morgan fingerprint density at radius 2 is 1.71 bits per heavy atom. The molecule has 2 aromatic rings. The maximum absolute atomic E-state index is 12.2. The fourth-order valence-electron chi connectivity index (χ4n) is 2.01. The minimum atomic E-state index is -1.02. The molecule has 2 aromatic carbocycles. The van der Waals surface area contributed by atoms with Gasteiger partial charge in [-0.05, 0) is 26.0 Å². The number of esters is 1. The molecule has 2 rings (SSSR count). The summed E-state index contributed by atoms with van der Waals surface area (Å²) < 4.78 is 5.10. The van der Waals surface area contributed by atoms with Gasteiger partial charge in [0, 0.05) is 11.6 Å². The number of ketones is 1. The number of hydrogen-bond donors (Lipinski definition) is 0. The maximum atomic E-state index is 12.2. The minimum absolute atomic E-state index is 0.0466. The van der Waals surface area contributed by atoms with Crippen LogP contribution in [0, 0.1) is 17.0 Å². The van der Waals surface area contributed by atoms with E-state index in [1.807, 2.05) is 6.92 Å². The molecule has 1 atom stereocenters. The summed E-state index contributed by atoms with van der Waals surface area (Å²) in [5.74, 6) is -1.19. The Balaban J connectivity index is 2.14. The third-order valence-corrected chi connectivity index (χ3v) is 3.69. The quantitative estimate of drug-likeness (QED) is 0.353. The highest BCUT2D eigenvalue weighted by Gasteiger charge is 2.22. The average Bonchev–Trinajstić information content (AvgIpc) is 2.54. The van der Waals surface area contributed by atoms with Gasteiger partial charge in [0.2, 0.25) is 5.78 Å². The van der Waals surface area contributed by atoms with Crippen molar-refractivity contribution < 1.29 is 19.2 Å². The number of nitro benzene ring substituents is 1. The first kappa shape index (κ1) is 17.6. The van der Waals surface area contributed by atoms with Crippen molar-refractivity contribution in [1.29, 1.82) is 0 Å². The Morgan fingerprint density at radius 3 is 2.29 bits per heavy atom. The molecule has 0 saturated carbocycles. The molecule has 0 aliphatic carbocycles. The zero-order valence-corrected chi connectivity index (χ0v) is 13.7. The average molecular weight is 348 g/mol. The summed E-state index contributed by atoms with van der Waals surface area (Å²) in [7, 11) is 0. The van der Waals surface area contributed by atoms with Crippen molar-refractivity contribution in [3.8, 4) is 0 Å². The van der Waals surface area contributed by atoms with Crippen molar-refractivity contribution in [3.05, 3.63) is 74.3 Å². The van der Waals surface area contributed by atoms with Crippen molar-refractivity contribution in [2.75, 3.05) is 0 Å². The van der Waals surface area contributed by atoms with Crippen LogP contribution in [-0.4, -0.2) is 22.8 Å². The van der Waals surface area contributed by atoms with Crippen molar-refractivity contribution >= 4 is 29.0 Å². The van der Waals surface area contributed by atoms with Gasteiger partial charge < -0.3 is 4.74 Å². The fraction of sp³-hybridized carbons (Fsp3) is 0.176. The number of rotatable bonds is 5. The third kappa shape index (κ3) is 3.97. The molecule has 124 valence electrons. The molecule has 24 heavy (non-hydrogen) atoms. The van der Waals surface area contributed by atoms with Gasteiger partial charge in [-0.15, -0.1) is 0 Å². The van der Waals surface area contributed by atoms with E-state index < -0.39 is 22.7 Å². The van der Waals surface area contributed by atoms with Crippen LogP contribution in [0.15, 0.2) is 42.5 Å². The van der Waals surface area contributed by atoms with E-state index >= 15 is 0 Å². The molecule has 0 unspecified atom stereocenters. The number of benzene rings is 2. The summed E-state index contributed by atoms with van der Waals surface area (Å²) in [6.45, 7) is 3.34. The summed E-state index contributed by atoms with van der Waals surface area (Å²) >= 11 is 5.70. The lowest BCUT2D eigenvalue weighted by Crippen LogP contribution is -2.24. The second kappa shape index (κ2) is 7.23. The summed E-state index contributed by atoms with van der Waals surface area (Å²) in [5, 5.41) is 10.8. The van der Waals surface area contributed by atoms with Gasteiger partial charge >= 0.3 is 5.97 Å². The van der Waals surface area contributed by atoms with Crippen molar-refractivity contribution in [3.63, 3.8) is 0 Å². The van der Waals surface area contributed by atoms with Crippen LogP contribution in [0.3, 0.4) is 0 Å². The van der Waals surface area contributed by atoms with Crippen molar-refractivity contribution in [1.82, 2.24) is 0 Å². The van der Waals surface area contributed by atoms with Crippen molar-refractivity contribution in [2.24, 2.45) is 0 Å². The van der Waals surface area contributed by atoms with Gasteiger partial charge in [-0.25, -0.2) is 4.79 Å². The summed E-state index contributed by atoms with van der Waals surface area (Å²) in [5.41, 5.74) is 0.978. The van der Waals surface area contributed by atoms with E-state index in [0.29, 0.717) is 5.56 Å². The maximum Gasteiger partial charge on any atom is 0.339 e. The molecule has 0 amide bonds. The van der Waals surface area contributed by atoms with Gasteiger partial charge in [-0.1, -0.05) is 41.4 Å². The molecule has 0 aliphatic rings. The highest BCUT2D eigenvalue weighted by Crippen LogP contribution is 2.25. The highest BCUT2D eigenvalue weighted by molar-refractivity contribution is 6.32. The molecular formula is C17H14ClNO5. The van der Waals surface area contributed by atoms with Gasteiger partial charge in [-0.2, -0.15) is 0 Å². The minimum Gasteiger partial charge on any atom is -0.451 e. The van der Waals surface area contributed by atoms with E-state index in [-0.39, 0.29) is 16.4 Å². The summed E-state index contributed by atoms with van der Waals surface area (Å²) in [6, 6.07) is 10.4. The van der Waals surface area contributed by atoms with Gasteiger partial charge in [0.15, 0.2) is 6.10 Å². The smallest absolute Gasteiger partial charge is 0.339 e. The molecule has 0 saturated heterocycles. The SMILES string of the molecule is Cc1ccc(C(=O)[C@@H](C)OC(=O)c2ccc(Cl)c([N+](=O)[O-])c2)cc1. The molecule has 0 spiro atoms. The Morgan fingerprint density at radius 1 is 1.12 bits per heavy atom. The van der Waals surface area contributed by atoms with Crippen molar-refractivity contribution in [2.45, 2.75) is 20.0 Å². The van der Waals surface area contributed by atoms with Crippen LogP contribution in [0.25, 0.3) is 0 Å². The van der Waals surface area contributed by atoms with E-state index in [0.717, 1.165) is 11.6 Å². The zero-order chi connectivity index (χ0) is 17.9. The lowest BCUT2D eigenvalue weighted by atomic mass is 10.1. The van der Waals surface area contributed by atoms with Crippen LogP contribution < -0.4 is 0 Å². The molecular weight excluding hydrogens is 334 g/mol. The molecule has 0 aliphatic heterocycles. The molecule has 0 N–H and O–H groups in total. The number of ether oxygens (including phenoxy) is 1. The first-order valence-corrected chi connectivity index (χ1v) is 7.43. The van der Waals surface area contributed by atoms with E-state index in [2.05, 4.69) is 0 Å². The molecule has 6 nitrogen and oxygen atoms in total. The summed E-state index contributed by atoms with van der Waals surface area (Å²) in [4.78, 5) is 34.5. The molecule has 0 bridgehead atoms. The third-order valence-electron chi connectivity index (χ3n) is 3.37. The second-order valence-electron chi connectivity index (χ2n) is 5.20. The Labute approximate surface area is 143 Å². The van der Waals surface area contributed by atoms with Crippen LogP contribution in [0.4, 0.5) is 5.69 Å². The molecule has 0 fully saturated rings. The number of aryl methyl sites for hydroxylation is 1. The van der Waals surface area contributed by atoms with E-state index in [4.69, 9.17) is 16.3 Å². The molecule has 0 aromatic heterocycles. The number of nitrogens with zero attached hydrogens (tertiary/aromatic N) is 1. The molecule has 0 radical (unpaired) electrons. The molecule has 7 heteroatoms. The molecule has 0 heterocycles. The second-order valence-corrected chi connectivity index (χ2v) is 5.61. The van der Waals surface area contributed by atoms with Crippen LogP contribution in [0.1, 0.15) is 33.2 Å². The van der Waals surface area contributed by atoms with Gasteiger partial charge in [0.25, 0.3) is 5.69 Å². The van der Waals surface area contributed by atoms with Crippen LogP contribution in [0.5, 0.6) is 0 Å². The largest absolute Gasteiger partial charge is 0.451 e. The van der Waals surface area contributed by atoms with Crippen LogP contribution in [0.2, 0.25) is 5.02 Å². The normalized spacial score (nSPS) is 11.6. The number of carbonyl (C=O) groups excluding carboxylic acids is 2. The standard InChI is InChI=1S/C17H14ClNO5/c1-10-3-5-12(6-4-10)16(20)11(2)24-17(21)13-7-8-14(18)15(9-13)19(22)23/h3-9,11H,1-2H3/t11-/m1/s1. The number of Topliss-reactive ketones (excluding diaryl/α,β-unsaturated/α-hetero) is 1. The van der Waals surface area contributed by atoms with Gasteiger partial charge in [0.05, 0.1) is 10.5 Å².